The number of carbonyl (C=O) groups is 2. The highest BCUT2D eigenvalue weighted by atomic mass is 32.2. The number of rotatable bonds is 6. The van der Waals surface area contributed by atoms with E-state index in [0.29, 0.717) is 31.2 Å². The van der Waals surface area contributed by atoms with Crippen molar-refractivity contribution in [1.82, 2.24) is 15.6 Å². The maximum Gasteiger partial charge on any atom is 0.257 e. The number of pyridine rings is 1. The van der Waals surface area contributed by atoms with E-state index in [1.807, 2.05) is 11.8 Å². The summed E-state index contributed by atoms with van der Waals surface area (Å²) in [5.74, 6) is 0.881. The number of aryl methyl sites for hydroxylation is 1. The Kier molecular flexibility index (Phi) is 7.92. The molecule has 7 nitrogen and oxygen atoms in total. The Morgan fingerprint density at radius 1 is 1.03 bits per heavy atom. The predicted octanol–water partition coefficient (Wildman–Crippen LogP) is 3.98. The molecule has 1 aromatic carbocycles. The number of aromatic nitrogens is 1. The van der Waals surface area contributed by atoms with Gasteiger partial charge in [0.25, 0.3) is 11.8 Å². The van der Waals surface area contributed by atoms with Crippen LogP contribution in [0.2, 0.25) is 0 Å². The molecule has 0 bridgehead atoms. The number of thioether (sulfide) groups is 1. The van der Waals surface area contributed by atoms with Crippen molar-refractivity contribution in [2.45, 2.75) is 63.6 Å². The lowest BCUT2D eigenvalue weighted by atomic mass is 9.90. The van der Waals surface area contributed by atoms with Crippen LogP contribution in [0.25, 0.3) is 0 Å². The van der Waals surface area contributed by atoms with Gasteiger partial charge in [-0.2, -0.15) is 11.8 Å². The van der Waals surface area contributed by atoms with Crippen LogP contribution < -0.4 is 15.4 Å². The van der Waals surface area contributed by atoms with E-state index in [1.54, 1.807) is 25.1 Å². The summed E-state index contributed by atoms with van der Waals surface area (Å²) in [4.78, 5) is 29.5. The number of benzene rings is 1. The molecular formula is C25H30FN3O4S. The van der Waals surface area contributed by atoms with Gasteiger partial charge in [0.1, 0.15) is 23.2 Å². The first-order valence-electron chi connectivity index (χ1n) is 11.7. The number of hydrogen-bond donors (Lipinski definition) is 3. The molecule has 1 saturated heterocycles. The number of para-hydroxylation sites is 1. The molecule has 4 rings (SSSR count). The van der Waals surface area contributed by atoms with E-state index in [1.165, 1.54) is 6.07 Å². The molecule has 2 heterocycles. The quantitative estimate of drug-likeness (QED) is 0.570. The summed E-state index contributed by atoms with van der Waals surface area (Å²) in [5.41, 5.74) is 1.03. The number of phenolic OH excluding ortho intramolecular Hbond substituents is 1. The zero-order valence-electron chi connectivity index (χ0n) is 19.2. The molecule has 0 radical (unpaired) electrons. The Hall–Kier alpha value is -2.81. The van der Waals surface area contributed by atoms with E-state index in [-0.39, 0.29) is 46.9 Å². The fourth-order valence-corrected chi connectivity index (χ4v) is 5.45. The van der Waals surface area contributed by atoms with Crippen LogP contribution in [-0.2, 0) is 0 Å². The molecular weight excluding hydrogens is 457 g/mol. The highest BCUT2D eigenvalue weighted by Gasteiger charge is 2.27. The Labute approximate surface area is 202 Å². The van der Waals surface area contributed by atoms with Crippen LogP contribution in [0.1, 0.15) is 64.8 Å². The molecule has 1 saturated carbocycles. The van der Waals surface area contributed by atoms with Gasteiger partial charge in [0.2, 0.25) is 5.88 Å². The van der Waals surface area contributed by atoms with Gasteiger partial charge in [0, 0.05) is 12.1 Å². The number of nitrogens with zero attached hydrogens (tertiary/aromatic N) is 1. The van der Waals surface area contributed by atoms with Gasteiger partial charge in [-0.05, 0) is 74.7 Å². The van der Waals surface area contributed by atoms with Gasteiger partial charge in [-0.3, -0.25) is 9.59 Å². The van der Waals surface area contributed by atoms with Crippen LogP contribution in [-0.4, -0.2) is 51.6 Å². The van der Waals surface area contributed by atoms with Gasteiger partial charge in [-0.15, -0.1) is 0 Å². The van der Waals surface area contributed by atoms with Crippen molar-refractivity contribution in [2.75, 3.05) is 11.5 Å². The number of halogens is 1. The molecule has 2 fully saturated rings. The number of hydrogen-bond acceptors (Lipinski definition) is 6. The number of nitrogens with one attached hydrogen (secondary N) is 2. The van der Waals surface area contributed by atoms with E-state index in [9.17, 15) is 19.1 Å². The average molecular weight is 488 g/mol. The maximum atomic E-state index is 13.9. The van der Waals surface area contributed by atoms with Gasteiger partial charge in [-0.1, -0.05) is 12.1 Å². The molecule has 2 aromatic rings. The van der Waals surface area contributed by atoms with Crippen LogP contribution in [0.5, 0.6) is 11.6 Å². The summed E-state index contributed by atoms with van der Waals surface area (Å²) in [6, 6.07) is 6.13. The van der Waals surface area contributed by atoms with Crippen molar-refractivity contribution < 1.29 is 23.8 Å². The number of carbonyl (C=O) groups excluding carboxylic acids is 2. The van der Waals surface area contributed by atoms with Crippen molar-refractivity contribution >= 4 is 23.6 Å². The van der Waals surface area contributed by atoms with Gasteiger partial charge in [0.15, 0.2) is 0 Å². The molecule has 1 aromatic heterocycles. The van der Waals surface area contributed by atoms with Gasteiger partial charge in [0.05, 0.1) is 11.8 Å². The predicted molar refractivity (Wildman–Crippen MR) is 129 cm³/mol. The molecule has 0 atom stereocenters. The van der Waals surface area contributed by atoms with Crippen LogP contribution in [0.3, 0.4) is 0 Å². The maximum absolute atomic E-state index is 13.9. The number of aromatic hydroxyl groups is 1. The Morgan fingerprint density at radius 2 is 1.65 bits per heavy atom. The van der Waals surface area contributed by atoms with Crippen LogP contribution >= 0.6 is 11.8 Å². The summed E-state index contributed by atoms with van der Waals surface area (Å²) in [7, 11) is 0. The number of ether oxygens (including phenoxy) is 1. The third-order valence-corrected chi connectivity index (χ3v) is 7.44. The first-order valence-corrected chi connectivity index (χ1v) is 12.9. The van der Waals surface area contributed by atoms with Crippen molar-refractivity contribution in [1.29, 1.82) is 0 Å². The molecule has 1 aliphatic heterocycles. The Bertz CT molecular complexity index is 1040. The number of phenols is 1. The summed E-state index contributed by atoms with van der Waals surface area (Å²) < 4.78 is 19.8. The first kappa shape index (κ1) is 24.3. The SMILES string of the molecule is Cc1cccc(C(=O)NC2CCC(NC(=O)c3cc(F)cnc3OC3CCSCC3)CC2)c1O. The van der Waals surface area contributed by atoms with Gasteiger partial charge in [-0.25, -0.2) is 9.37 Å². The lowest BCUT2D eigenvalue weighted by Gasteiger charge is -2.30. The molecule has 2 aliphatic rings. The Morgan fingerprint density at radius 3 is 2.29 bits per heavy atom. The molecule has 0 unspecified atom stereocenters. The summed E-state index contributed by atoms with van der Waals surface area (Å²) >= 11 is 1.87. The molecule has 1 aliphatic carbocycles. The minimum Gasteiger partial charge on any atom is -0.507 e. The number of amides is 2. The highest BCUT2D eigenvalue weighted by Crippen LogP contribution is 2.26. The topological polar surface area (TPSA) is 101 Å². The summed E-state index contributed by atoms with van der Waals surface area (Å²) in [6.45, 7) is 1.75. The minimum atomic E-state index is -0.581. The van der Waals surface area contributed by atoms with Crippen LogP contribution in [0.4, 0.5) is 4.39 Å². The molecule has 0 spiro atoms. The van der Waals surface area contributed by atoms with E-state index in [0.717, 1.165) is 30.5 Å². The Balaban J connectivity index is 1.32. The van der Waals surface area contributed by atoms with E-state index in [2.05, 4.69) is 15.6 Å². The van der Waals surface area contributed by atoms with E-state index >= 15 is 0 Å². The summed E-state index contributed by atoms with van der Waals surface area (Å²) in [5, 5.41) is 16.1. The van der Waals surface area contributed by atoms with Gasteiger partial charge < -0.3 is 20.5 Å². The standard InChI is InChI=1S/C25H30FN3O4S/c1-15-3-2-4-20(22(15)30)23(31)28-17-5-7-18(8-6-17)29-24(32)21-13-16(26)14-27-25(21)33-19-9-11-34-12-10-19/h2-4,13-14,17-19,30H,5-12H2,1H3,(H,28,31)(H,29,32). The lowest BCUT2D eigenvalue weighted by molar-refractivity contribution is 0.0884. The average Bonchev–Trinajstić information content (AvgIpc) is 2.83. The van der Waals surface area contributed by atoms with Crippen molar-refractivity contribution in [3.63, 3.8) is 0 Å². The van der Waals surface area contributed by atoms with Crippen LogP contribution in [0.15, 0.2) is 30.5 Å². The van der Waals surface area contributed by atoms with Crippen molar-refractivity contribution in [3.05, 3.63) is 53.0 Å². The smallest absolute Gasteiger partial charge is 0.257 e. The van der Waals surface area contributed by atoms with Gasteiger partial charge >= 0.3 is 0 Å². The molecule has 34 heavy (non-hydrogen) atoms. The second-order valence-electron chi connectivity index (χ2n) is 8.90. The third kappa shape index (κ3) is 6.00. The van der Waals surface area contributed by atoms with E-state index in [4.69, 9.17) is 4.74 Å². The van der Waals surface area contributed by atoms with Crippen molar-refractivity contribution in [3.8, 4) is 11.6 Å². The van der Waals surface area contributed by atoms with Crippen molar-refractivity contribution in [2.24, 2.45) is 0 Å². The zero-order chi connectivity index (χ0) is 24.1. The lowest BCUT2D eigenvalue weighted by Crippen LogP contribution is -2.44. The second-order valence-corrected chi connectivity index (χ2v) is 10.1. The minimum absolute atomic E-state index is 0.00495. The largest absolute Gasteiger partial charge is 0.507 e. The highest BCUT2D eigenvalue weighted by molar-refractivity contribution is 7.99. The zero-order valence-corrected chi connectivity index (χ0v) is 20.0. The molecule has 2 amide bonds. The molecule has 182 valence electrons. The monoisotopic (exact) mass is 487 g/mol. The normalized spacial score (nSPS) is 21.0. The third-order valence-electron chi connectivity index (χ3n) is 6.39. The van der Waals surface area contributed by atoms with E-state index < -0.39 is 11.7 Å². The van der Waals surface area contributed by atoms with Crippen LogP contribution in [0, 0.1) is 12.7 Å². The molecule has 9 heteroatoms. The summed E-state index contributed by atoms with van der Waals surface area (Å²) in [6.07, 6.45) is 5.54. The molecule has 3 N–H and O–H groups in total. The fraction of sp³-hybridized carbons (Fsp3) is 0.480. The second kappa shape index (κ2) is 11.1. The first-order chi connectivity index (χ1) is 16.4. The fourth-order valence-electron chi connectivity index (χ4n) is 4.39.